The summed E-state index contributed by atoms with van der Waals surface area (Å²) < 4.78 is 26.4. The molecule has 0 unspecified atom stereocenters. The molecule has 0 saturated carbocycles. The molecular formula is C9H9BrF2N2OS. The highest BCUT2D eigenvalue weighted by Crippen LogP contribution is 2.28. The number of hydrogen-bond donors (Lipinski definition) is 0. The molecule has 7 heteroatoms. The summed E-state index contributed by atoms with van der Waals surface area (Å²) in [5.74, 6) is -2.89. The number of aromatic nitrogens is 1. The van der Waals surface area contributed by atoms with Gasteiger partial charge in [0.25, 0.3) is 11.8 Å². The summed E-state index contributed by atoms with van der Waals surface area (Å²) in [5, 5.41) is 1.62. The molecule has 1 aliphatic rings. The Morgan fingerprint density at radius 1 is 1.50 bits per heavy atom. The maximum Gasteiger partial charge on any atom is 0.273 e. The molecule has 0 bridgehead atoms. The zero-order valence-corrected chi connectivity index (χ0v) is 10.7. The highest BCUT2D eigenvalue weighted by atomic mass is 79.9. The third-order valence-electron chi connectivity index (χ3n) is 2.48. The van der Waals surface area contributed by atoms with E-state index in [1.165, 1.54) is 16.2 Å². The van der Waals surface area contributed by atoms with E-state index in [-0.39, 0.29) is 31.8 Å². The van der Waals surface area contributed by atoms with E-state index in [1.807, 2.05) is 0 Å². The number of halogens is 3. The van der Waals surface area contributed by atoms with Crippen molar-refractivity contribution < 1.29 is 13.6 Å². The fourth-order valence-electron chi connectivity index (χ4n) is 1.55. The van der Waals surface area contributed by atoms with Crippen molar-refractivity contribution in [2.75, 3.05) is 13.1 Å². The average molecular weight is 311 g/mol. The molecule has 1 saturated heterocycles. The molecule has 0 N–H and O–H groups in total. The molecule has 3 nitrogen and oxygen atoms in total. The highest BCUT2D eigenvalue weighted by Gasteiger charge is 2.36. The van der Waals surface area contributed by atoms with Gasteiger partial charge in [0.1, 0.15) is 5.69 Å². The molecule has 0 radical (unpaired) electrons. The predicted molar refractivity (Wildman–Crippen MR) is 59.9 cm³/mol. The summed E-state index contributed by atoms with van der Waals surface area (Å²) in [7, 11) is 0. The number of rotatable bonds is 1. The Kier molecular flexibility index (Phi) is 3.25. The molecular weight excluding hydrogens is 302 g/mol. The zero-order valence-electron chi connectivity index (χ0n) is 8.25. The lowest BCUT2D eigenvalue weighted by molar-refractivity contribution is -0.0495. The van der Waals surface area contributed by atoms with Gasteiger partial charge in [0.2, 0.25) is 0 Å². The molecule has 2 rings (SSSR count). The second-order valence-electron chi connectivity index (χ2n) is 3.63. The summed E-state index contributed by atoms with van der Waals surface area (Å²) in [6, 6.07) is 0. The molecule has 1 aromatic heterocycles. The van der Waals surface area contributed by atoms with Gasteiger partial charge in [0, 0.05) is 31.3 Å². The number of carbonyl (C=O) groups is 1. The molecule has 0 spiro atoms. The van der Waals surface area contributed by atoms with Crippen LogP contribution < -0.4 is 0 Å². The third-order valence-corrected chi connectivity index (χ3v) is 3.84. The van der Waals surface area contributed by atoms with Gasteiger partial charge in [-0.05, 0) is 15.9 Å². The molecule has 0 atom stereocenters. The lowest BCUT2D eigenvalue weighted by Crippen LogP contribution is -2.42. The Hall–Kier alpha value is -0.560. The van der Waals surface area contributed by atoms with E-state index in [9.17, 15) is 13.6 Å². The van der Waals surface area contributed by atoms with Gasteiger partial charge < -0.3 is 4.90 Å². The van der Waals surface area contributed by atoms with Crippen LogP contribution in [0.1, 0.15) is 23.3 Å². The number of piperidine rings is 1. The number of carbonyl (C=O) groups excluding carboxylic acids is 1. The minimum absolute atomic E-state index is 0.0982. The minimum Gasteiger partial charge on any atom is -0.337 e. The van der Waals surface area contributed by atoms with E-state index in [0.29, 0.717) is 9.61 Å². The largest absolute Gasteiger partial charge is 0.337 e. The van der Waals surface area contributed by atoms with Crippen LogP contribution in [0.5, 0.6) is 0 Å². The van der Waals surface area contributed by atoms with Crippen LogP contribution in [0.2, 0.25) is 0 Å². The molecule has 1 amide bonds. The van der Waals surface area contributed by atoms with Gasteiger partial charge in [-0.25, -0.2) is 13.8 Å². The SMILES string of the molecule is O=C(c1csc(Br)n1)N1CCC(F)(F)CC1. The summed E-state index contributed by atoms with van der Waals surface area (Å²) in [6.45, 7) is 0.196. The Morgan fingerprint density at radius 3 is 2.62 bits per heavy atom. The lowest BCUT2D eigenvalue weighted by atomic mass is 10.1. The third kappa shape index (κ3) is 2.57. The van der Waals surface area contributed by atoms with Crippen LogP contribution in [0.25, 0.3) is 0 Å². The zero-order chi connectivity index (χ0) is 11.8. The van der Waals surface area contributed by atoms with E-state index in [4.69, 9.17) is 0 Å². The van der Waals surface area contributed by atoms with Gasteiger partial charge in [-0.2, -0.15) is 0 Å². The van der Waals surface area contributed by atoms with Crippen LogP contribution >= 0.6 is 27.3 Å². The molecule has 1 fully saturated rings. The number of thiazole rings is 1. The van der Waals surface area contributed by atoms with E-state index < -0.39 is 5.92 Å². The molecule has 16 heavy (non-hydrogen) atoms. The first-order valence-corrected chi connectivity index (χ1v) is 6.43. The van der Waals surface area contributed by atoms with E-state index >= 15 is 0 Å². The molecule has 0 aromatic carbocycles. The van der Waals surface area contributed by atoms with E-state index in [2.05, 4.69) is 20.9 Å². The number of likely N-dealkylation sites (tertiary alicyclic amines) is 1. The molecule has 2 heterocycles. The molecule has 0 aliphatic carbocycles. The molecule has 1 aliphatic heterocycles. The standard InChI is InChI=1S/C9H9BrF2N2OS/c10-8-13-6(5-16-8)7(15)14-3-1-9(11,12)2-4-14/h5H,1-4H2. The van der Waals surface area contributed by atoms with Crippen molar-refractivity contribution in [3.63, 3.8) is 0 Å². The van der Waals surface area contributed by atoms with Crippen LogP contribution in [-0.4, -0.2) is 34.8 Å². The predicted octanol–water partition coefficient (Wildman–Crippen LogP) is 2.78. The Morgan fingerprint density at radius 2 is 2.12 bits per heavy atom. The van der Waals surface area contributed by atoms with Crippen LogP contribution in [0.15, 0.2) is 9.30 Å². The number of hydrogen-bond acceptors (Lipinski definition) is 3. The first-order chi connectivity index (χ1) is 7.48. The Labute approximate surface area is 104 Å². The van der Waals surface area contributed by atoms with Crippen molar-refractivity contribution in [1.29, 1.82) is 0 Å². The van der Waals surface area contributed by atoms with Gasteiger partial charge in [-0.1, -0.05) is 0 Å². The maximum atomic E-state index is 12.9. The van der Waals surface area contributed by atoms with Crippen molar-refractivity contribution in [3.8, 4) is 0 Å². The second kappa shape index (κ2) is 4.37. The Bertz CT molecular complexity index is 400. The fraction of sp³-hybridized carbons (Fsp3) is 0.556. The lowest BCUT2D eigenvalue weighted by Gasteiger charge is -2.31. The maximum absolute atomic E-state index is 12.9. The van der Waals surface area contributed by atoms with Crippen molar-refractivity contribution in [3.05, 3.63) is 15.0 Å². The van der Waals surface area contributed by atoms with Crippen molar-refractivity contribution in [1.82, 2.24) is 9.88 Å². The van der Waals surface area contributed by atoms with Crippen molar-refractivity contribution in [2.24, 2.45) is 0 Å². The Balaban J connectivity index is 2.02. The van der Waals surface area contributed by atoms with Crippen LogP contribution in [0.4, 0.5) is 8.78 Å². The van der Waals surface area contributed by atoms with Gasteiger partial charge in [0.05, 0.1) is 0 Å². The normalized spacial score (nSPS) is 19.8. The minimum atomic E-state index is -2.63. The van der Waals surface area contributed by atoms with Crippen molar-refractivity contribution >= 4 is 33.2 Å². The topological polar surface area (TPSA) is 33.2 Å². The smallest absolute Gasteiger partial charge is 0.273 e. The summed E-state index contributed by atoms with van der Waals surface area (Å²) in [5.41, 5.74) is 0.321. The first-order valence-electron chi connectivity index (χ1n) is 4.76. The van der Waals surface area contributed by atoms with Crippen LogP contribution in [0, 0.1) is 0 Å². The second-order valence-corrected chi connectivity index (χ2v) is 5.77. The van der Waals surface area contributed by atoms with Crippen LogP contribution in [-0.2, 0) is 0 Å². The highest BCUT2D eigenvalue weighted by molar-refractivity contribution is 9.11. The van der Waals surface area contributed by atoms with Crippen molar-refractivity contribution in [2.45, 2.75) is 18.8 Å². The fourth-order valence-corrected chi connectivity index (χ4v) is 2.53. The monoisotopic (exact) mass is 310 g/mol. The number of alkyl halides is 2. The molecule has 88 valence electrons. The van der Waals surface area contributed by atoms with Gasteiger partial charge in [-0.3, -0.25) is 4.79 Å². The molecule has 1 aromatic rings. The van der Waals surface area contributed by atoms with E-state index in [1.54, 1.807) is 5.38 Å². The van der Waals surface area contributed by atoms with Gasteiger partial charge in [0.15, 0.2) is 3.92 Å². The number of nitrogens with zero attached hydrogens (tertiary/aromatic N) is 2. The van der Waals surface area contributed by atoms with Crippen LogP contribution in [0.3, 0.4) is 0 Å². The quantitative estimate of drug-likeness (QED) is 0.799. The average Bonchev–Trinajstić information content (AvgIpc) is 2.64. The first kappa shape index (κ1) is 11.9. The van der Waals surface area contributed by atoms with Gasteiger partial charge >= 0.3 is 0 Å². The number of amides is 1. The van der Waals surface area contributed by atoms with Gasteiger partial charge in [-0.15, -0.1) is 11.3 Å². The van der Waals surface area contributed by atoms with E-state index in [0.717, 1.165) is 0 Å². The summed E-state index contributed by atoms with van der Waals surface area (Å²) >= 11 is 4.47. The summed E-state index contributed by atoms with van der Waals surface area (Å²) in [6.07, 6.45) is -0.520. The summed E-state index contributed by atoms with van der Waals surface area (Å²) in [4.78, 5) is 17.2.